The molecule has 0 amide bonds. The van der Waals surface area contributed by atoms with E-state index in [0.29, 0.717) is 0 Å². The molecule has 0 atom stereocenters. The first-order chi connectivity index (χ1) is 10.4. The van der Waals surface area contributed by atoms with Gasteiger partial charge < -0.3 is 0 Å². The number of thiazole rings is 1. The molecule has 0 fully saturated rings. The molecule has 3 aromatic rings. The fourth-order valence-corrected chi connectivity index (χ4v) is 2.77. The van der Waals surface area contributed by atoms with Crippen molar-refractivity contribution in [3.8, 4) is 0 Å². The maximum Gasteiger partial charge on any atom is 0.226 e. The Morgan fingerprint density at radius 2 is 1.30 bits per heavy atom. The summed E-state index contributed by atoms with van der Waals surface area (Å²) in [6.07, 6.45) is 0. The van der Waals surface area contributed by atoms with Crippen LogP contribution in [-0.2, 0) is 6.54 Å². The zero-order chi connectivity index (χ0) is 17.2. The molecule has 0 unspecified atom stereocenters. The molecule has 0 N–H and O–H groups in total. The summed E-state index contributed by atoms with van der Waals surface area (Å²) in [6, 6.07) is 19.1. The molecule has 9 heteroatoms. The SMILES string of the molecule is [F][Sb-]([F])([F])([F])([F])[F].c1ccc(C[n+]2csc3ccccc32)cc1. The van der Waals surface area contributed by atoms with Gasteiger partial charge in [-0.15, -0.1) is 0 Å². The third kappa shape index (κ3) is 7.70. The number of fused-ring (bicyclic) bond motifs is 1. The van der Waals surface area contributed by atoms with Crippen molar-refractivity contribution in [1.82, 2.24) is 0 Å². The molecule has 126 valence electrons. The summed E-state index contributed by atoms with van der Waals surface area (Å²) < 4.78 is 63.2. The maximum atomic E-state index is 9.93. The molecule has 0 aliphatic carbocycles. The largest absolute Gasteiger partial charge is 0.226 e. The molecule has 0 bridgehead atoms. The third-order valence-corrected chi connectivity index (χ3v) is 3.64. The minimum atomic E-state index is -11.2. The van der Waals surface area contributed by atoms with Crippen LogP contribution in [0.1, 0.15) is 5.56 Å². The predicted molar refractivity (Wildman–Crippen MR) is 80.0 cm³/mol. The average Bonchev–Trinajstić information content (AvgIpc) is 2.80. The van der Waals surface area contributed by atoms with Gasteiger partial charge in [-0.1, -0.05) is 53.8 Å². The van der Waals surface area contributed by atoms with E-state index in [-0.39, 0.29) is 0 Å². The van der Waals surface area contributed by atoms with E-state index in [1.807, 2.05) is 0 Å². The van der Waals surface area contributed by atoms with E-state index in [2.05, 4.69) is 64.7 Å². The minimum Gasteiger partial charge on any atom is -0.184 e. The van der Waals surface area contributed by atoms with Crippen molar-refractivity contribution in [2.24, 2.45) is 0 Å². The van der Waals surface area contributed by atoms with Crippen LogP contribution in [0.3, 0.4) is 0 Å². The second kappa shape index (κ2) is 5.67. The smallest absolute Gasteiger partial charge is 0.184 e. The number of aromatic nitrogens is 1. The summed E-state index contributed by atoms with van der Waals surface area (Å²) >= 11 is -9.45. The van der Waals surface area contributed by atoms with Gasteiger partial charge in [0.1, 0.15) is 4.70 Å². The Bertz CT molecular complexity index is 787. The van der Waals surface area contributed by atoms with E-state index < -0.39 is 19.5 Å². The fourth-order valence-electron chi connectivity index (χ4n) is 1.87. The monoisotopic (exact) mass is 461 g/mol. The topological polar surface area (TPSA) is 3.88 Å². The number of hydrogen-bond donors (Lipinski definition) is 0. The summed E-state index contributed by atoms with van der Waals surface area (Å²) in [4.78, 5) is 0. The molecule has 3 rings (SSSR count). The van der Waals surface area contributed by atoms with E-state index in [9.17, 15) is 16.9 Å². The normalized spacial score (nSPS) is 14.5. The number of rotatable bonds is 2. The molecule has 23 heavy (non-hydrogen) atoms. The molecule has 0 spiro atoms. The van der Waals surface area contributed by atoms with Gasteiger partial charge in [-0.25, -0.2) is 0 Å². The summed E-state index contributed by atoms with van der Waals surface area (Å²) in [5, 5.41) is 0. The third-order valence-electron chi connectivity index (χ3n) is 2.68. The van der Waals surface area contributed by atoms with Crippen molar-refractivity contribution < 1.29 is 21.4 Å². The van der Waals surface area contributed by atoms with Gasteiger partial charge in [0.2, 0.25) is 11.0 Å². The van der Waals surface area contributed by atoms with Crippen LogP contribution < -0.4 is 4.57 Å². The summed E-state index contributed by atoms with van der Waals surface area (Å²) in [5.74, 6) is 0. The molecule has 0 saturated carbocycles. The number of hydrogen-bond acceptors (Lipinski definition) is 1. The van der Waals surface area contributed by atoms with Crippen LogP contribution in [0.25, 0.3) is 10.2 Å². The second-order valence-corrected chi connectivity index (χ2v) is 11.1. The van der Waals surface area contributed by atoms with Gasteiger partial charge in [-0.3, -0.25) is 0 Å². The predicted octanol–water partition coefficient (Wildman–Crippen LogP) is 5.38. The van der Waals surface area contributed by atoms with Gasteiger partial charge in [0.25, 0.3) is 0 Å². The number of benzene rings is 2. The Morgan fingerprint density at radius 3 is 1.91 bits per heavy atom. The van der Waals surface area contributed by atoms with Crippen molar-refractivity contribution in [3.05, 3.63) is 65.7 Å². The number of para-hydroxylation sites is 1. The van der Waals surface area contributed by atoms with Crippen molar-refractivity contribution in [2.45, 2.75) is 6.54 Å². The Labute approximate surface area is 134 Å². The molecule has 1 aromatic heterocycles. The molecule has 1 nitrogen and oxygen atoms in total. The van der Waals surface area contributed by atoms with E-state index in [1.54, 1.807) is 11.3 Å². The van der Waals surface area contributed by atoms with Crippen molar-refractivity contribution in [3.63, 3.8) is 0 Å². The van der Waals surface area contributed by atoms with Crippen molar-refractivity contribution in [1.29, 1.82) is 0 Å². The van der Waals surface area contributed by atoms with Crippen LogP contribution >= 0.6 is 11.3 Å². The molecule has 0 saturated heterocycles. The first-order valence-electron chi connectivity index (χ1n) is 6.34. The van der Waals surface area contributed by atoms with Crippen LogP contribution in [0, 0.1) is 0 Å². The van der Waals surface area contributed by atoms with Crippen LogP contribution in [0.2, 0.25) is 0 Å². The Morgan fingerprint density at radius 1 is 0.783 bits per heavy atom. The first-order valence-corrected chi connectivity index (χ1v) is 13.0. The van der Waals surface area contributed by atoms with Gasteiger partial charge in [0.05, 0.1) is 0 Å². The van der Waals surface area contributed by atoms with Gasteiger partial charge in [-0.05, 0) is 6.07 Å². The average molecular weight is 462 g/mol. The first kappa shape index (κ1) is 18.1. The van der Waals surface area contributed by atoms with E-state index in [4.69, 9.17) is 0 Å². The molecule has 0 radical (unpaired) electrons. The maximum absolute atomic E-state index is 11.2. The Balaban J connectivity index is 0.000000236. The van der Waals surface area contributed by atoms with Crippen molar-refractivity contribution in [2.75, 3.05) is 0 Å². The summed E-state index contributed by atoms with van der Waals surface area (Å²) in [6.45, 7) is 0.949. The molecule has 0 aliphatic rings. The van der Waals surface area contributed by atoms with Crippen LogP contribution in [0.15, 0.2) is 60.1 Å². The second-order valence-electron chi connectivity index (χ2n) is 4.76. The Hall–Kier alpha value is -1.27. The molecular formula is C14H12F6NSSb. The van der Waals surface area contributed by atoms with Gasteiger partial charge in [0, 0.05) is 11.6 Å². The molecular weight excluding hydrogens is 450 g/mol. The summed E-state index contributed by atoms with van der Waals surface area (Å²) in [7, 11) is 0. The quantitative estimate of drug-likeness (QED) is 0.274. The zero-order valence-corrected chi connectivity index (χ0v) is 14.9. The van der Waals surface area contributed by atoms with Crippen LogP contribution in [0.5, 0.6) is 0 Å². The molecule has 1 heterocycles. The van der Waals surface area contributed by atoms with Gasteiger partial charge >= 0.3 is 36.4 Å². The Kier molecular flexibility index (Phi) is 4.45. The minimum absolute atomic E-state index is 0.949. The van der Waals surface area contributed by atoms with E-state index in [1.165, 1.54) is 15.8 Å². The standard InChI is InChI=1S/C14H12NS.6FH.Sb/c1-2-6-12(7-3-1)10-15-11-16-14-9-5-4-8-13(14)15;;;;;;;/h1-9,11H,10H2;6*1H;/q+1;;;;;;;+5/p-6. The van der Waals surface area contributed by atoms with Crippen molar-refractivity contribution >= 4 is 41.0 Å². The van der Waals surface area contributed by atoms with E-state index >= 15 is 0 Å². The van der Waals surface area contributed by atoms with Gasteiger partial charge in [0.15, 0.2) is 6.54 Å². The van der Waals surface area contributed by atoms with Crippen LogP contribution in [-0.4, -0.2) is 19.5 Å². The molecule has 2 aromatic carbocycles. The fraction of sp³-hybridized carbons (Fsp3) is 0.0714. The van der Waals surface area contributed by atoms with Crippen LogP contribution in [0.4, 0.5) is 16.9 Å². The van der Waals surface area contributed by atoms with Gasteiger partial charge in [-0.2, -0.15) is 4.57 Å². The zero-order valence-electron chi connectivity index (χ0n) is 11.6. The number of halogens is 6. The number of nitrogens with zero attached hydrogens (tertiary/aromatic N) is 1. The van der Waals surface area contributed by atoms with E-state index in [0.717, 1.165) is 6.54 Å². The summed E-state index contributed by atoms with van der Waals surface area (Å²) in [5.41, 5.74) is 4.85. The molecule has 0 aliphatic heterocycles.